The van der Waals surface area contributed by atoms with Crippen LogP contribution in [0.25, 0.3) is 0 Å². The molecule has 2 aromatic rings. The lowest BCUT2D eigenvalue weighted by molar-refractivity contribution is 0.0653. The molecule has 0 bridgehead atoms. The standard InChI is InChI=1S/C21H21ClN4O2/c1-3-12-25(2)18-15(14-23-21(22)24-18)9-5-4-8-13-26-19(27)16-10-6-7-11-17(16)20(26)28/h6-7,10-11,14H,3-4,8,12-13H2,1-2H3. The molecule has 0 saturated heterocycles. The van der Waals surface area contributed by atoms with Crippen molar-refractivity contribution in [2.75, 3.05) is 25.0 Å². The number of carbonyl (C=O) groups is 2. The van der Waals surface area contributed by atoms with Crippen molar-refractivity contribution in [2.45, 2.75) is 26.2 Å². The van der Waals surface area contributed by atoms with Crippen LogP contribution in [0.4, 0.5) is 5.82 Å². The van der Waals surface area contributed by atoms with Crippen molar-refractivity contribution in [3.63, 3.8) is 0 Å². The molecule has 2 heterocycles. The van der Waals surface area contributed by atoms with Gasteiger partial charge < -0.3 is 4.90 Å². The van der Waals surface area contributed by atoms with Gasteiger partial charge in [-0.3, -0.25) is 14.5 Å². The number of hydrogen-bond acceptors (Lipinski definition) is 5. The molecule has 1 aliphatic rings. The molecule has 1 aliphatic heterocycles. The molecule has 0 unspecified atom stereocenters. The fourth-order valence-corrected chi connectivity index (χ4v) is 3.23. The Bertz CT molecular complexity index is 929. The van der Waals surface area contributed by atoms with Gasteiger partial charge in [0.05, 0.1) is 16.7 Å². The minimum Gasteiger partial charge on any atom is -0.359 e. The maximum Gasteiger partial charge on any atom is 0.261 e. The zero-order valence-electron chi connectivity index (χ0n) is 15.9. The van der Waals surface area contributed by atoms with Gasteiger partial charge in [0, 0.05) is 32.8 Å². The molecule has 2 amide bonds. The molecule has 6 nitrogen and oxygen atoms in total. The van der Waals surface area contributed by atoms with E-state index in [0.29, 0.717) is 41.9 Å². The third-order valence-corrected chi connectivity index (χ3v) is 4.63. The number of fused-ring (bicyclic) bond motifs is 1. The lowest BCUT2D eigenvalue weighted by Gasteiger charge is -2.18. The molecule has 0 saturated carbocycles. The highest BCUT2D eigenvalue weighted by atomic mass is 35.5. The number of hydrogen-bond donors (Lipinski definition) is 0. The Kier molecular flexibility index (Phi) is 6.27. The molecule has 1 aromatic heterocycles. The number of amides is 2. The number of carbonyl (C=O) groups excluding carboxylic acids is 2. The summed E-state index contributed by atoms with van der Waals surface area (Å²) in [6, 6.07) is 6.90. The average molecular weight is 397 g/mol. The highest BCUT2D eigenvalue weighted by Crippen LogP contribution is 2.22. The molecule has 0 atom stereocenters. The maximum absolute atomic E-state index is 12.3. The van der Waals surface area contributed by atoms with Crippen LogP contribution in [0.3, 0.4) is 0 Å². The maximum atomic E-state index is 12.3. The van der Waals surface area contributed by atoms with Gasteiger partial charge in [-0.05, 0) is 36.6 Å². The molecule has 1 aromatic carbocycles. The summed E-state index contributed by atoms with van der Waals surface area (Å²) in [4.78, 5) is 36.3. The van der Waals surface area contributed by atoms with E-state index in [1.807, 2.05) is 11.9 Å². The van der Waals surface area contributed by atoms with Gasteiger partial charge in [-0.25, -0.2) is 4.98 Å². The third kappa shape index (κ3) is 4.15. The lowest BCUT2D eigenvalue weighted by atomic mass is 10.1. The van der Waals surface area contributed by atoms with Gasteiger partial charge in [0.15, 0.2) is 0 Å². The van der Waals surface area contributed by atoms with Gasteiger partial charge >= 0.3 is 0 Å². The van der Waals surface area contributed by atoms with Crippen LogP contribution in [0.1, 0.15) is 52.5 Å². The molecule has 0 radical (unpaired) electrons. The Labute approximate surface area is 169 Å². The Morgan fingerprint density at radius 3 is 2.50 bits per heavy atom. The second kappa shape index (κ2) is 8.85. The summed E-state index contributed by atoms with van der Waals surface area (Å²) in [6.45, 7) is 3.27. The number of anilines is 1. The van der Waals surface area contributed by atoms with Gasteiger partial charge in [0.2, 0.25) is 5.28 Å². The molecule has 0 N–H and O–H groups in total. The van der Waals surface area contributed by atoms with E-state index in [1.54, 1.807) is 30.5 Å². The summed E-state index contributed by atoms with van der Waals surface area (Å²) in [6.07, 6.45) is 3.75. The van der Waals surface area contributed by atoms with E-state index in [9.17, 15) is 9.59 Å². The minimum atomic E-state index is -0.233. The molecular formula is C21H21ClN4O2. The normalized spacial score (nSPS) is 12.6. The molecule has 0 fully saturated rings. The van der Waals surface area contributed by atoms with Crippen molar-refractivity contribution in [3.8, 4) is 11.8 Å². The smallest absolute Gasteiger partial charge is 0.261 e. The van der Waals surface area contributed by atoms with Crippen LogP contribution in [-0.4, -0.2) is 46.8 Å². The van der Waals surface area contributed by atoms with Crippen LogP contribution in [0.2, 0.25) is 5.28 Å². The number of aromatic nitrogens is 2. The van der Waals surface area contributed by atoms with Crippen LogP contribution in [-0.2, 0) is 0 Å². The highest BCUT2D eigenvalue weighted by molar-refractivity contribution is 6.28. The number of nitrogens with zero attached hydrogens (tertiary/aromatic N) is 4. The number of benzene rings is 1. The van der Waals surface area contributed by atoms with Gasteiger partial charge in [-0.1, -0.05) is 30.9 Å². The monoisotopic (exact) mass is 396 g/mol. The minimum absolute atomic E-state index is 0.189. The van der Waals surface area contributed by atoms with Crippen molar-refractivity contribution in [1.82, 2.24) is 14.9 Å². The van der Waals surface area contributed by atoms with E-state index in [4.69, 9.17) is 11.6 Å². The van der Waals surface area contributed by atoms with Crippen molar-refractivity contribution in [2.24, 2.45) is 0 Å². The lowest BCUT2D eigenvalue weighted by Crippen LogP contribution is -2.30. The Morgan fingerprint density at radius 2 is 1.86 bits per heavy atom. The highest BCUT2D eigenvalue weighted by Gasteiger charge is 2.34. The van der Waals surface area contributed by atoms with E-state index in [2.05, 4.69) is 28.7 Å². The number of imide groups is 1. The van der Waals surface area contributed by atoms with Crippen LogP contribution in [0.5, 0.6) is 0 Å². The van der Waals surface area contributed by atoms with Crippen molar-refractivity contribution in [1.29, 1.82) is 0 Å². The van der Waals surface area contributed by atoms with Crippen LogP contribution in [0.15, 0.2) is 30.5 Å². The van der Waals surface area contributed by atoms with Gasteiger partial charge in [-0.15, -0.1) is 0 Å². The molecular weight excluding hydrogens is 376 g/mol. The molecule has 0 spiro atoms. The Morgan fingerprint density at radius 1 is 1.18 bits per heavy atom. The summed E-state index contributed by atoms with van der Waals surface area (Å²) in [5.41, 5.74) is 1.65. The summed E-state index contributed by atoms with van der Waals surface area (Å²) in [5, 5.41) is 0.189. The van der Waals surface area contributed by atoms with Crippen LogP contribution in [0, 0.1) is 11.8 Å². The molecule has 144 valence electrons. The Balaban J connectivity index is 1.61. The van der Waals surface area contributed by atoms with E-state index < -0.39 is 0 Å². The summed E-state index contributed by atoms with van der Waals surface area (Å²) < 4.78 is 0. The van der Waals surface area contributed by atoms with Crippen LogP contribution < -0.4 is 4.90 Å². The quantitative estimate of drug-likeness (QED) is 0.324. The summed E-state index contributed by atoms with van der Waals surface area (Å²) >= 11 is 5.92. The topological polar surface area (TPSA) is 66.4 Å². The van der Waals surface area contributed by atoms with E-state index in [-0.39, 0.29) is 17.1 Å². The first-order chi connectivity index (χ1) is 13.5. The predicted octanol–water partition coefficient (Wildman–Crippen LogP) is 3.40. The van der Waals surface area contributed by atoms with Gasteiger partial charge in [0.1, 0.15) is 5.82 Å². The van der Waals surface area contributed by atoms with Gasteiger partial charge in [0.25, 0.3) is 11.8 Å². The van der Waals surface area contributed by atoms with E-state index >= 15 is 0 Å². The fraction of sp³-hybridized carbons (Fsp3) is 0.333. The van der Waals surface area contributed by atoms with Crippen LogP contribution >= 0.6 is 11.6 Å². The van der Waals surface area contributed by atoms with Crippen molar-refractivity contribution >= 4 is 29.2 Å². The number of unbranched alkanes of at least 4 members (excludes halogenated alkanes) is 1. The summed E-state index contributed by atoms with van der Waals surface area (Å²) in [5.74, 6) is 6.40. The van der Waals surface area contributed by atoms with Crippen molar-refractivity contribution < 1.29 is 9.59 Å². The van der Waals surface area contributed by atoms with Gasteiger partial charge in [-0.2, -0.15) is 4.98 Å². The molecule has 0 aliphatic carbocycles. The van der Waals surface area contributed by atoms with E-state index in [0.717, 1.165) is 13.0 Å². The first kappa shape index (κ1) is 19.8. The average Bonchev–Trinajstić information content (AvgIpc) is 2.94. The summed E-state index contributed by atoms with van der Waals surface area (Å²) in [7, 11) is 1.94. The second-order valence-electron chi connectivity index (χ2n) is 6.51. The second-order valence-corrected chi connectivity index (χ2v) is 6.85. The first-order valence-corrected chi connectivity index (χ1v) is 9.58. The molecule has 7 heteroatoms. The first-order valence-electron chi connectivity index (χ1n) is 9.20. The SMILES string of the molecule is CCCN(C)c1nc(Cl)ncc1C#CCCCN1C(=O)c2ccccc2C1=O. The molecule has 28 heavy (non-hydrogen) atoms. The van der Waals surface area contributed by atoms with E-state index in [1.165, 1.54) is 4.90 Å². The number of rotatable bonds is 6. The fourth-order valence-electron chi connectivity index (χ4n) is 3.10. The molecule has 3 rings (SSSR count). The Hall–Kier alpha value is -2.91. The zero-order valence-corrected chi connectivity index (χ0v) is 16.7. The largest absolute Gasteiger partial charge is 0.359 e. The van der Waals surface area contributed by atoms with Crippen molar-refractivity contribution in [3.05, 3.63) is 52.4 Å². The zero-order chi connectivity index (χ0) is 20.1. The number of halogens is 1. The predicted molar refractivity (Wildman–Crippen MR) is 109 cm³/mol. The third-order valence-electron chi connectivity index (χ3n) is 4.44.